The number of aromatic nitrogens is 3. The second-order valence-electron chi connectivity index (χ2n) is 3.43. The summed E-state index contributed by atoms with van der Waals surface area (Å²) in [5, 5.41) is 7.86. The summed E-state index contributed by atoms with van der Waals surface area (Å²) in [6, 6.07) is 0.255. The van der Waals surface area contributed by atoms with Crippen molar-refractivity contribution in [2.45, 2.75) is 39.7 Å². The smallest absolute Gasteiger partial charge is 0.360 e. The molecule has 1 aromatic heterocycles. The van der Waals surface area contributed by atoms with Crippen molar-refractivity contribution in [1.82, 2.24) is 15.0 Å². The van der Waals surface area contributed by atoms with E-state index in [1.54, 1.807) is 4.68 Å². The van der Waals surface area contributed by atoms with Gasteiger partial charge in [-0.3, -0.25) is 0 Å². The van der Waals surface area contributed by atoms with E-state index in [2.05, 4.69) is 28.9 Å². The number of methoxy groups -OCH3 is 1. The monoisotopic (exact) mass is 211 g/mol. The van der Waals surface area contributed by atoms with E-state index in [4.69, 9.17) is 0 Å². The van der Waals surface area contributed by atoms with Gasteiger partial charge in [0.05, 0.1) is 18.8 Å². The van der Waals surface area contributed by atoms with E-state index in [1.165, 1.54) is 7.11 Å². The summed E-state index contributed by atoms with van der Waals surface area (Å²) in [5.41, 5.74) is 1.18. The Morgan fingerprint density at radius 2 is 2.20 bits per heavy atom. The van der Waals surface area contributed by atoms with Gasteiger partial charge >= 0.3 is 5.97 Å². The van der Waals surface area contributed by atoms with Gasteiger partial charge in [0.2, 0.25) is 0 Å². The molecule has 0 saturated carbocycles. The predicted molar refractivity (Wildman–Crippen MR) is 55.7 cm³/mol. The quantitative estimate of drug-likeness (QED) is 0.710. The van der Waals surface area contributed by atoms with Crippen molar-refractivity contribution in [2.24, 2.45) is 0 Å². The number of carbonyl (C=O) groups excluding carboxylic acids is 1. The molecule has 84 valence electrons. The van der Waals surface area contributed by atoms with Crippen LogP contribution in [-0.4, -0.2) is 28.1 Å². The number of rotatable bonds is 4. The zero-order chi connectivity index (χ0) is 11.4. The van der Waals surface area contributed by atoms with Crippen LogP contribution >= 0.6 is 0 Å². The number of hydrogen-bond acceptors (Lipinski definition) is 4. The van der Waals surface area contributed by atoms with Crippen LogP contribution < -0.4 is 0 Å². The molecule has 0 radical (unpaired) electrons. The zero-order valence-electron chi connectivity index (χ0n) is 9.65. The molecule has 0 aliphatic rings. The standard InChI is InChI=1S/C10H17N3O2/c1-5-7(3)13-8(6-2)9(11-12-13)10(14)15-4/h7H,5-6H2,1-4H3. The Morgan fingerprint density at radius 3 is 2.67 bits per heavy atom. The van der Waals surface area contributed by atoms with Crippen LogP contribution in [0, 0.1) is 0 Å². The molecule has 0 saturated heterocycles. The molecular weight excluding hydrogens is 194 g/mol. The summed E-state index contributed by atoms with van der Waals surface area (Å²) in [4.78, 5) is 11.4. The number of carbonyl (C=O) groups is 1. The molecule has 1 unspecified atom stereocenters. The van der Waals surface area contributed by atoms with Crippen molar-refractivity contribution >= 4 is 5.97 Å². The van der Waals surface area contributed by atoms with E-state index in [0.717, 1.165) is 18.5 Å². The minimum atomic E-state index is -0.415. The van der Waals surface area contributed by atoms with Crippen molar-refractivity contribution in [3.05, 3.63) is 11.4 Å². The van der Waals surface area contributed by atoms with E-state index in [-0.39, 0.29) is 6.04 Å². The van der Waals surface area contributed by atoms with E-state index in [0.29, 0.717) is 5.69 Å². The highest BCUT2D eigenvalue weighted by Crippen LogP contribution is 2.15. The number of esters is 1. The van der Waals surface area contributed by atoms with E-state index in [9.17, 15) is 4.79 Å². The highest BCUT2D eigenvalue weighted by molar-refractivity contribution is 5.88. The zero-order valence-corrected chi connectivity index (χ0v) is 9.65. The van der Waals surface area contributed by atoms with Gasteiger partial charge in [-0.15, -0.1) is 5.10 Å². The Kier molecular flexibility index (Phi) is 3.82. The van der Waals surface area contributed by atoms with Crippen molar-refractivity contribution in [3.63, 3.8) is 0 Å². The van der Waals surface area contributed by atoms with Crippen LogP contribution in [0.2, 0.25) is 0 Å². The third-order valence-corrected chi connectivity index (χ3v) is 2.51. The molecule has 0 N–H and O–H groups in total. The molecule has 5 nitrogen and oxygen atoms in total. The van der Waals surface area contributed by atoms with Crippen LogP contribution in [0.1, 0.15) is 49.4 Å². The lowest BCUT2D eigenvalue weighted by molar-refractivity contribution is 0.0592. The van der Waals surface area contributed by atoms with Gasteiger partial charge in [-0.1, -0.05) is 19.1 Å². The molecule has 15 heavy (non-hydrogen) atoms. The van der Waals surface area contributed by atoms with Crippen LogP contribution in [0.3, 0.4) is 0 Å². The van der Waals surface area contributed by atoms with Gasteiger partial charge in [-0.25, -0.2) is 9.48 Å². The number of hydrogen-bond donors (Lipinski definition) is 0. The van der Waals surface area contributed by atoms with Crippen LogP contribution in [0.5, 0.6) is 0 Å². The molecule has 0 aliphatic heterocycles. The molecule has 1 heterocycles. The lowest BCUT2D eigenvalue weighted by Gasteiger charge is -2.11. The molecule has 0 spiro atoms. The first-order valence-electron chi connectivity index (χ1n) is 5.18. The van der Waals surface area contributed by atoms with Gasteiger partial charge in [0, 0.05) is 0 Å². The third kappa shape index (κ3) is 2.16. The molecular formula is C10H17N3O2. The summed E-state index contributed by atoms with van der Waals surface area (Å²) in [6.45, 7) is 6.10. The Labute approximate surface area is 89.4 Å². The largest absolute Gasteiger partial charge is 0.464 e. The van der Waals surface area contributed by atoms with Gasteiger partial charge in [0.25, 0.3) is 0 Å². The molecule has 1 aromatic rings. The van der Waals surface area contributed by atoms with Crippen molar-refractivity contribution in [1.29, 1.82) is 0 Å². The van der Waals surface area contributed by atoms with Crippen molar-refractivity contribution in [3.8, 4) is 0 Å². The Morgan fingerprint density at radius 1 is 1.53 bits per heavy atom. The maximum absolute atomic E-state index is 11.4. The summed E-state index contributed by atoms with van der Waals surface area (Å²) in [7, 11) is 1.35. The van der Waals surface area contributed by atoms with E-state index < -0.39 is 5.97 Å². The molecule has 0 bridgehead atoms. The Balaban J connectivity index is 3.11. The van der Waals surface area contributed by atoms with Gasteiger partial charge in [-0.2, -0.15) is 0 Å². The highest BCUT2D eigenvalue weighted by atomic mass is 16.5. The lowest BCUT2D eigenvalue weighted by Crippen LogP contribution is -2.12. The first-order chi connectivity index (χ1) is 7.15. The van der Waals surface area contributed by atoms with Crippen molar-refractivity contribution in [2.75, 3.05) is 7.11 Å². The first kappa shape index (κ1) is 11.7. The number of ether oxygens (including phenoxy) is 1. The van der Waals surface area contributed by atoms with Crippen LogP contribution in [0.4, 0.5) is 0 Å². The highest BCUT2D eigenvalue weighted by Gasteiger charge is 2.20. The minimum Gasteiger partial charge on any atom is -0.464 e. The topological polar surface area (TPSA) is 57.0 Å². The average Bonchev–Trinajstić information content (AvgIpc) is 2.70. The SMILES string of the molecule is CCc1c(C(=O)OC)nnn1C(C)CC. The van der Waals surface area contributed by atoms with Crippen LogP contribution in [-0.2, 0) is 11.2 Å². The maximum Gasteiger partial charge on any atom is 0.360 e. The fourth-order valence-electron chi connectivity index (χ4n) is 1.42. The molecule has 0 amide bonds. The molecule has 0 aromatic carbocycles. The maximum atomic E-state index is 11.4. The molecule has 0 fully saturated rings. The molecule has 1 rings (SSSR count). The van der Waals surface area contributed by atoms with Gasteiger partial charge < -0.3 is 4.74 Å². The second-order valence-corrected chi connectivity index (χ2v) is 3.43. The number of nitrogens with zero attached hydrogens (tertiary/aromatic N) is 3. The average molecular weight is 211 g/mol. The Bertz CT molecular complexity index is 346. The van der Waals surface area contributed by atoms with Gasteiger partial charge in [-0.05, 0) is 19.8 Å². The summed E-state index contributed by atoms with van der Waals surface area (Å²) in [6.07, 6.45) is 1.68. The van der Waals surface area contributed by atoms with Gasteiger partial charge in [0.15, 0.2) is 5.69 Å². The van der Waals surface area contributed by atoms with Gasteiger partial charge in [0.1, 0.15) is 0 Å². The third-order valence-electron chi connectivity index (χ3n) is 2.51. The fraction of sp³-hybridized carbons (Fsp3) is 0.700. The predicted octanol–water partition coefficient (Wildman–Crippen LogP) is 1.60. The fourth-order valence-corrected chi connectivity index (χ4v) is 1.42. The van der Waals surface area contributed by atoms with Crippen molar-refractivity contribution < 1.29 is 9.53 Å². The van der Waals surface area contributed by atoms with Crippen LogP contribution in [0.15, 0.2) is 0 Å². The molecule has 0 aliphatic carbocycles. The molecule has 5 heteroatoms. The summed E-state index contributed by atoms with van der Waals surface area (Å²) in [5.74, 6) is -0.415. The van der Waals surface area contributed by atoms with E-state index in [1.807, 2.05) is 6.92 Å². The lowest BCUT2D eigenvalue weighted by atomic mass is 10.2. The summed E-state index contributed by atoms with van der Waals surface area (Å²) < 4.78 is 6.45. The van der Waals surface area contributed by atoms with E-state index >= 15 is 0 Å². The summed E-state index contributed by atoms with van der Waals surface area (Å²) >= 11 is 0. The molecule has 1 atom stereocenters. The van der Waals surface area contributed by atoms with Crippen LogP contribution in [0.25, 0.3) is 0 Å². The Hall–Kier alpha value is -1.39. The minimum absolute atomic E-state index is 0.255. The second kappa shape index (κ2) is 4.91. The first-order valence-corrected chi connectivity index (χ1v) is 5.18. The normalized spacial score (nSPS) is 12.5.